The summed E-state index contributed by atoms with van der Waals surface area (Å²) in [6, 6.07) is 86.4. The Labute approximate surface area is 483 Å². The van der Waals surface area contributed by atoms with Gasteiger partial charge in [-0.15, -0.1) is 0 Å². The molecule has 10 aromatic carbocycles. The Morgan fingerprint density at radius 3 is 0.783 bits per heavy atom. The van der Waals surface area contributed by atoms with E-state index in [1.165, 1.54) is 133 Å². The SMILES string of the molecule is CC1(C)c2cc(-c3ccc4c(c3)C(C)(C)c3cc(-c5ccc6c(c5)c5ccccc5n6-c5ccccn5)ccc3-4)ccc2-c2ccc(-c3ccc4c(c3)C(C)(C)c3cc(-c5ccc6c(c5)c5ccccc5n6-c5ccccn5)ccc3-4)cc21. The molecule has 394 valence electrons. The number of hydrogen-bond acceptors (Lipinski definition) is 2. The van der Waals surface area contributed by atoms with Gasteiger partial charge in [0.05, 0.1) is 22.1 Å². The molecule has 3 aliphatic rings. The van der Waals surface area contributed by atoms with E-state index in [9.17, 15) is 0 Å². The predicted octanol–water partition coefficient (Wildman–Crippen LogP) is 20.3. The van der Waals surface area contributed by atoms with Crippen LogP contribution in [0, 0.1) is 0 Å². The fraction of sp³-hybridized carbons (Fsp3) is 0.114. The van der Waals surface area contributed by atoms with Gasteiger partial charge < -0.3 is 0 Å². The molecule has 83 heavy (non-hydrogen) atoms. The third-order valence-electron chi connectivity index (χ3n) is 19.5. The summed E-state index contributed by atoms with van der Waals surface area (Å²) in [7, 11) is 0. The summed E-state index contributed by atoms with van der Waals surface area (Å²) in [4.78, 5) is 9.49. The molecule has 0 aliphatic heterocycles. The Hall–Kier alpha value is -9.90. The van der Waals surface area contributed by atoms with Crippen LogP contribution < -0.4 is 0 Å². The minimum Gasteiger partial charge on any atom is -0.294 e. The normalized spacial score (nSPS) is 14.7. The van der Waals surface area contributed by atoms with Crippen LogP contribution in [0.2, 0.25) is 0 Å². The molecule has 4 nitrogen and oxygen atoms in total. The number of nitrogens with zero attached hydrogens (tertiary/aromatic N) is 4. The highest BCUT2D eigenvalue weighted by atomic mass is 15.1. The Morgan fingerprint density at radius 2 is 0.494 bits per heavy atom. The molecule has 0 radical (unpaired) electrons. The number of hydrogen-bond donors (Lipinski definition) is 0. The zero-order valence-electron chi connectivity index (χ0n) is 47.4. The second-order valence-electron chi connectivity index (χ2n) is 25.0. The van der Waals surface area contributed by atoms with Crippen molar-refractivity contribution in [1.82, 2.24) is 19.1 Å². The van der Waals surface area contributed by atoms with Crippen LogP contribution in [0.3, 0.4) is 0 Å². The van der Waals surface area contributed by atoms with E-state index in [0.717, 1.165) is 33.7 Å². The number of pyridine rings is 2. The zero-order valence-corrected chi connectivity index (χ0v) is 47.4. The van der Waals surface area contributed by atoms with Crippen LogP contribution in [0.25, 0.3) is 133 Å². The number of rotatable bonds is 6. The molecule has 17 rings (SSSR count). The van der Waals surface area contributed by atoms with Gasteiger partial charge in [0.1, 0.15) is 11.6 Å². The van der Waals surface area contributed by atoms with Gasteiger partial charge in [0.25, 0.3) is 0 Å². The van der Waals surface area contributed by atoms with Crippen molar-refractivity contribution in [1.29, 1.82) is 0 Å². The number of benzene rings is 10. The fourth-order valence-electron chi connectivity index (χ4n) is 15.1. The lowest BCUT2D eigenvalue weighted by atomic mass is 9.79. The highest BCUT2D eigenvalue weighted by Crippen LogP contribution is 2.55. The van der Waals surface area contributed by atoms with E-state index in [0.29, 0.717) is 0 Å². The van der Waals surface area contributed by atoms with Crippen molar-refractivity contribution < 1.29 is 0 Å². The van der Waals surface area contributed by atoms with Gasteiger partial charge in [0.15, 0.2) is 0 Å². The average Bonchev–Trinajstić information content (AvgIpc) is 2.53. The Kier molecular flexibility index (Phi) is 9.85. The number of para-hydroxylation sites is 2. The standard InChI is InChI=1S/C79H58N4/c1-77(2)65-41-49(47-27-35-73-63(39-47)61-15-7-9-17-71(61)82(73)75-19-11-13-37-80-75)21-29-55(65)57-31-23-51(43-67(57)77)53-25-33-59-60-34-26-54(46-70(60)79(5,6)69(59)45-53)52-24-32-58-56-30-22-50(42-66(56)78(3,4)68(58)44-52)48-28-36-74-64(40-48)62-16-8-10-18-72(62)83(74)76-20-12-14-38-81-76/h7-46H,1-6H3. The van der Waals surface area contributed by atoms with Crippen molar-refractivity contribution in [2.45, 2.75) is 57.8 Å². The lowest BCUT2D eigenvalue weighted by Crippen LogP contribution is -2.16. The largest absolute Gasteiger partial charge is 0.294 e. The average molecular weight is 1060 g/mol. The molecule has 4 heterocycles. The lowest BCUT2D eigenvalue weighted by Gasteiger charge is -2.24. The monoisotopic (exact) mass is 1060 g/mol. The third kappa shape index (κ3) is 6.81. The molecule has 0 fully saturated rings. The van der Waals surface area contributed by atoms with Gasteiger partial charge in [-0.25, -0.2) is 9.97 Å². The van der Waals surface area contributed by atoms with Crippen molar-refractivity contribution in [3.05, 3.63) is 276 Å². The van der Waals surface area contributed by atoms with Crippen LogP contribution in [0.15, 0.2) is 243 Å². The van der Waals surface area contributed by atoms with Crippen LogP contribution >= 0.6 is 0 Å². The van der Waals surface area contributed by atoms with Crippen molar-refractivity contribution in [3.63, 3.8) is 0 Å². The zero-order chi connectivity index (χ0) is 55.7. The quantitative estimate of drug-likeness (QED) is 0.166. The summed E-state index contributed by atoms with van der Waals surface area (Å²) < 4.78 is 4.56. The maximum atomic E-state index is 4.74. The smallest absolute Gasteiger partial charge is 0.137 e. The third-order valence-corrected chi connectivity index (χ3v) is 19.5. The van der Waals surface area contributed by atoms with Crippen LogP contribution in [0.1, 0.15) is 74.9 Å². The van der Waals surface area contributed by atoms with Crippen LogP contribution in [-0.4, -0.2) is 19.1 Å². The molecule has 0 bridgehead atoms. The molecule has 0 saturated heterocycles. The molecular formula is C79H58N4. The maximum absolute atomic E-state index is 4.74. The van der Waals surface area contributed by atoms with Gasteiger partial charge >= 0.3 is 0 Å². The van der Waals surface area contributed by atoms with E-state index in [-0.39, 0.29) is 16.2 Å². The molecule has 14 aromatic rings. The first-order valence-electron chi connectivity index (χ1n) is 29.2. The highest BCUT2D eigenvalue weighted by Gasteiger charge is 2.40. The van der Waals surface area contributed by atoms with E-state index in [4.69, 9.17) is 9.97 Å². The van der Waals surface area contributed by atoms with Crippen molar-refractivity contribution in [2.24, 2.45) is 0 Å². The van der Waals surface area contributed by atoms with Gasteiger partial charge in [0.2, 0.25) is 0 Å². The summed E-state index contributed by atoms with van der Waals surface area (Å²) in [5.41, 5.74) is 30.3. The minimum atomic E-state index is -0.186. The van der Waals surface area contributed by atoms with Gasteiger partial charge in [-0.3, -0.25) is 9.13 Å². The second kappa shape index (κ2) is 17.1. The molecule has 0 unspecified atom stereocenters. The summed E-state index contributed by atoms with van der Waals surface area (Å²) in [6.07, 6.45) is 3.74. The van der Waals surface area contributed by atoms with Crippen LogP contribution in [0.5, 0.6) is 0 Å². The van der Waals surface area contributed by atoms with E-state index < -0.39 is 0 Å². The summed E-state index contributed by atoms with van der Waals surface area (Å²) in [5, 5.41) is 4.93. The molecule has 0 atom stereocenters. The van der Waals surface area contributed by atoms with Crippen LogP contribution in [-0.2, 0) is 16.2 Å². The Balaban J connectivity index is 0.655. The molecule has 3 aliphatic carbocycles. The van der Waals surface area contributed by atoms with E-state index in [2.05, 4.69) is 269 Å². The molecule has 4 aromatic heterocycles. The minimum absolute atomic E-state index is 0.182. The van der Waals surface area contributed by atoms with Gasteiger partial charge in [-0.1, -0.05) is 175 Å². The second-order valence-corrected chi connectivity index (χ2v) is 25.0. The van der Waals surface area contributed by atoms with Gasteiger partial charge in [0, 0.05) is 50.2 Å². The molecule has 0 amide bonds. The van der Waals surface area contributed by atoms with E-state index in [1.807, 2.05) is 24.5 Å². The molecule has 0 N–H and O–H groups in total. The topological polar surface area (TPSA) is 35.6 Å². The van der Waals surface area contributed by atoms with Crippen molar-refractivity contribution >= 4 is 43.6 Å². The molecule has 4 heteroatoms. The predicted molar refractivity (Wildman–Crippen MR) is 345 cm³/mol. The van der Waals surface area contributed by atoms with Crippen molar-refractivity contribution in [3.8, 4) is 89.5 Å². The van der Waals surface area contributed by atoms with Gasteiger partial charge in [-0.05, 0) is 208 Å². The highest BCUT2D eigenvalue weighted by molar-refractivity contribution is 6.12. The van der Waals surface area contributed by atoms with Crippen molar-refractivity contribution in [2.75, 3.05) is 0 Å². The Morgan fingerprint density at radius 1 is 0.241 bits per heavy atom. The first-order chi connectivity index (χ1) is 40.4. The summed E-state index contributed by atoms with van der Waals surface area (Å²) in [5.74, 6) is 1.86. The first-order valence-corrected chi connectivity index (χ1v) is 29.2. The first kappa shape index (κ1) is 47.9. The van der Waals surface area contributed by atoms with Gasteiger partial charge in [-0.2, -0.15) is 0 Å². The molecule has 0 spiro atoms. The number of aromatic nitrogens is 4. The molecular weight excluding hydrogens is 1000 g/mol. The molecule has 0 saturated carbocycles. The number of fused-ring (bicyclic) bond motifs is 15. The lowest BCUT2D eigenvalue weighted by molar-refractivity contribution is 0.659. The van der Waals surface area contributed by atoms with Crippen LogP contribution in [0.4, 0.5) is 0 Å². The summed E-state index contributed by atoms with van der Waals surface area (Å²) >= 11 is 0. The van der Waals surface area contributed by atoms with E-state index in [1.54, 1.807) is 0 Å². The Bertz CT molecular complexity index is 4790. The van der Waals surface area contributed by atoms with E-state index >= 15 is 0 Å². The summed E-state index contributed by atoms with van der Waals surface area (Å²) in [6.45, 7) is 14.4. The fourth-order valence-corrected chi connectivity index (χ4v) is 15.1. The maximum Gasteiger partial charge on any atom is 0.137 e.